The summed E-state index contributed by atoms with van der Waals surface area (Å²) in [5.41, 5.74) is 0.693. The molecule has 2 aliphatic carbocycles. The summed E-state index contributed by atoms with van der Waals surface area (Å²) in [6.45, 7) is 6.79. The highest BCUT2D eigenvalue weighted by molar-refractivity contribution is 8.14. The van der Waals surface area contributed by atoms with Crippen LogP contribution < -0.4 is 5.32 Å². The van der Waals surface area contributed by atoms with E-state index in [2.05, 4.69) is 24.2 Å². The van der Waals surface area contributed by atoms with Crippen molar-refractivity contribution >= 4 is 16.9 Å². The molecule has 3 aliphatic rings. The molecule has 90 valence electrons. The van der Waals surface area contributed by atoms with Crippen LogP contribution in [-0.4, -0.2) is 23.5 Å². The van der Waals surface area contributed by atoms with E-state index in [-0.39, 0.29) is 0 Å². The summed E-state index contributed by atoms with van der Waals surface area (Å²) >= 11 is 1.96. The fourth-order valence-corrected chi connectivity index (χ4v) is 3.69. The van der Waals surface area contributed by atoms with Gasteiger partial charge in [0.15, 0.2) is 5.17 Å². The summed E-state index contributed by atoms with van der Waals surface area (Å²) in [5.74, 6) is 1.79. The van der Waals surface area contributed by atoms with Crippen molar-refractivity contribution in [3.05, 3.63) is 0 Å². The normalized spacial score (nSPS) is 31.7. The summed E-state index contributed by atoms with van der Waals surface area (Å²) in [6.07, 6.45) is 5.87. The Hall–Kier alpha value is -0.180. The molecular weight excluding hydrogens is 216 g/mol. The molecule has 0 aromatic carbocycles. The molecule has 0 radical (unpaired) electrons. The lowest BCUT2D eigenvalue weighted by atomic mass is 10.0. The first-order valence-electron chi connectivity index (χ1n) is 6.65. The van der Waals surface area contributed by atoms with Crippen molar-refractivity contribution in [1.82, 2.24) is 5.32 Å². The first-order valence-corrected chi connectivity index (χ1v) is 7.52. The van der Waals surface area contributed by atoms with Crippen molar-refractivity contribution in [1.29, 1.82) is 0 Å². The van der Waals surface area contributed by atoms with Gasteiger partial charge in [0, 0.05) is 11.8 Å². The van der Waals surface area contributed by atoms with E-state index in [1.165, 1.54) is 37.4 Å². The van der Waals surface area contributed by atoms with Gasteiger partial charge >= 0.3 is 0 Å². The van der Waals surface area contributed by atoms with E-state index < -0.39 is 0 Å². The number of nitrogens with zero attached hydrogens (tertiary/aromatic N) is 1. The summed E-state index contributed by atoms with van der Waals surface area (Å²) < 4.78 is 0. The molecule has 1 unspecified atom stereocenters. The maximum absolute atomic E-state index is 4.62. The molecule has 16 heavy (non-hydrogen) atoms. The SMILES string of the molecule is CC(C)C1CN=C(NCC2(C3CC3)CC2)S1. The average Bonchev–Trinajstić information content (AvgIpc) is 3.13. The van der Waals surface area contributed by atoms with Crippen LogP contribution in [0.25, 0.3) is 0 Å². The molecule has 2 fully saturated rings. The van der Waals surface area contributed by atoms with Crippen LogP contribution in [-0.2, 0) is 0 Å². The molecule has 3 heteroatoms. The van der Waals surface area contributed by atoms with E-state index in [1.54, 1.807) is 0 Å². The first-order chi connectivity index (χ1) is 7.70. The quantitative estimate of drug-likeness (QED) is 0.814. The van der Waals surface area contributed by atoms with E-state index in [1.807, 2.05) is 11.8 Å². The Kier molecular flexibility index (Phi) is 2.69. The first kappa shape index (κ1) is 10.9. The van der Waals surface area contributed by atoms with Gasteiger partial charge in [-0.3, -0.25) is 4.99 Å². The summed E-state index contributed by atoms with van der Waals surface area (Å²) in [6, 6.07) is 0. The van der Waals surface area contributed by atoms with Crippen molar-refractivity contribution in [3.8, 4) is 0 Å². The number of nitrogens with one attached hydrogen (secondary N) is 1. The topological polar surface area (TPSA) is 24.4 Å². The third-order valence-corrected chi connectivity index (χ3v) is 5.84. The molecule has 1 aliphatic heterocycles. The van der Waals surface area contributed by atoms with E-state index in [0.717, 1.165) is 18.4 Å². The van der Waals surface area contributed by atoms with Crippen LogP contribution in [0.1, 0.15) is 39.5 Å². The fraction of sp³-hybridized carbons (Fsp3) is 0.923. The number of hydrogen-bond acceptors (Lipinski definition) is 3. The van der Waals surface area contributed by atoms with Gasteiger partial charge in [-0.25, -0.2) is 0 Å². The van der Waals surface area contributed by atoms with Crippen LogP contribution in [0.15, 0.2) is 4.99 Å². The van der Waals surface area contributed by atoms with E-state index in [0.29, 0.717) is 10.7 Å². The Morgan fingerprint density at radius 1 is 1.44 bits per heavy atom. The Morgan fingerprint density at radius 3 is 2.69 bits per heavy atom. The number of thioether (sulfide) groups is 1. The van der Waals surface area contributed by atoms with Gasteiger partial charge in [-0.05, 0) is 42.9 Å². The molecule has 1 atom stereocenters. The zero-order valence-electron chi connectivity index (χ0n) is 10.3. The van der Waals surface area contributed by atoms with Gasteiger partial charge in [0.1, 0.15) is 0 Å². The molecule has 2 nitrogen and oxygen atoms in total. The number of hydrogen-bond donors (Lipinski definition) is 1. The molecule has 2 saturated carbocycles. The van der Waals surface area contributed by atoms with Crippen molar-refractivity contribution in [2.24, 2.45) is 22.2 Å². The Morgan fingerprint density at radius 2 is 2.19 bits per heavy atom. The molecule has 0 aromatic rings. The summed E-state index contributed by atoms with van der Waals surface area (Å²) in [7, 11) is 0. The van der Waals surface area contributed by atoms with Crippen LogP contribution >= 0.6 is 11.8 Å². The molecule has 0 amide bonds. The minimum Gasteiger partial charge on any atom is -0.364 e. The summed E-state index contributed by atoms with van der Waals surface area (Å²) in [4.78, 5) is 4.62. The second-order valence-electron chi connectivity index (χ2n) is 6.04. The maximum Gasteiger partial charge on any atom is 0.156 e. The van der Waals surface area contributed by atoms with Gasteiger partial charge in [-0.15, -0.1) is 0 Å². The lowest BCUT2D eigenvalue weighted by Gasteiger charge is -2.16. The van der Waals surface area contributed by atoms with Crippen LogP contribution in [0.3, 0.4) is 0 Å². The highest BCUT2D eigenvalue weighted by Gasteiger charge is 2.53. The van der Waals surface area contributed by atoms with Crippen LogP contribution in [0.4, 0.5) is 0 Å². The van der Waals surface area contributed by atoms with Crippen molar-refractivity contribution in [2.75, 3.05) is 13.1 Å². The average molecular weight is 238 g/mol. The monoisotopic (exact) mass is 238 g/mol. The molecule has 1 heterocycles. The van der Waals surface area contributed by atoms with E-state index in [9.17, 15) is 0 Å². The third-order valence-electron chi connectivity index (χ3n) is 4.35. The smallest absolute Gasteiger partial charge is 0.156 e. The molecule has 3 rings (SSSR count). The second kappa shape index (κ2) is 3.94. The van der Waals surface area contributed by atoms with Gasteiger partial charge in [-0.2, -0.15) is 0 Å². The Labute approximate surface area is 103 Å². The third kappa shape index (κ3) is 2.11. The van der Waals surface area contributed by atoms with Crippen molar-refractivity contribution in [3.63, 3.8) is 0 Å². The Bertz CT molecular complexity index is 303. The number of amidine groups is 1. The lowest BCUT2D eigenvalue weighted by molar-refractivity contribution is 0.435. The van der Waals surface area contributed by atoms with E-state index in [4.69, 9.17) is 0 Å². The van der Waals surface area contributed by atoms with Gasteiger partial charge < -0.3 is 5.32 Å². The van der Waals surface area contributed by atoms with Gasteiger partial charge in [-0.1, -0.05) is 25.6 Å². The standard InChI is InChI=1S/C13H22N2S/c1-9(2)11-7-14-12(16-11)15-8-13(5-6-13)10-3-4-10/h9-11H,3-8H2,1-2H3,(H,14,15). The predicted octanol–water partition coefficient (Wildman–Crippen LogP) is 2.89. The minimum absolute atomic E-state index is 0.693. The molecule has 0 bridgehead atoms. The lowest BCUT2D eigenvalue weighted by Crippen LogP contribution is -2.29. The van der Waals surface area contributed by atoms with Crippen LogP contribution in [0.5, 0.6) is 0 Å². The fourth-order valence-electron chi connectivity index (χ4n) is 2.67. The molecule has 0 aromatic heterocycles. The van der Waals surface area contributed by atoms with Gasteiger partial charge in [0.2, 0.25) is 0 Å². The zero-order chi connectivity index (χ0) is 11.2. The van der Waals surface area contributed by atoms with Crippen molar-refractivity contribution < 1.29 is 0 Å². The van der Waals surface area contributed by atoms with Gasteiger partial charge in [0.05, 0.1) is 6.54 Å². The molecule has 1 N–H and O–H groups in total. The predicted molar refractivity (Wildman–Crippen MR) is 70.9 cm³/mol. The van der Waals surface area contributed by atoms with Gasteiger partial charge in [0.25, 0.3) is 0 Å². The molecule has 0 spiro atoms. The Balaban J connectivity index is 1.46. The molecular formula is C13H22N2S. The number of aliphatic imine (C=N–C) groups is 1. The highest BCUT2D eigenvalue weighted by Crippen LogP contribution is 2.60. The molecule has 0 saturated heterocycles. The van der Waals surface area contributed by atoms with E-state index >= 15 is 0 Å². The maximum atomic E-state index is 4.62. The second-order valence-corrected chi connectivity index (χ2v) is 7.26. The van der Waals surface area contributed by atoms with Crippen LogP contribution in [0, 0.1) is 17.3 Å². The van der Waals surface area contributed by atoms with Crippen LogP contribution in [0.2, 0.25) is 0 Å². The highest BCUT2D eigenvalue weighted by atomic mass is 32.2. The van der Waals surface area contributed by atoms with Crippen molar-refractivity contribution in [2.45, 2.75) is 44.8 Å². The minimum atomic E-state index is 0.693. The largest absolute Gasteiger partial charge is 0.364 e. The summed E-state index contributed by atoms with van der Waals surface area (Å²) in [5, 5.41) is 5.52. The zero-order valence-corrected chi connectivity index (χ0v) is 11.1. The number of rotatable bonds is 4.